The van der Waals surface area contributed by atoms with E-state index in [4.69, 9.17) is 23.2 Å². The highest BCUT2D eigenvalue weighted by atomic mass is 35.5. The van der Waals surface area contributed by atoms with Crippen molar-refractivity contribution in [3.63, 3.8) is 0 Å². The third-order valence-electron chi connectivity index (χ3n) is 3.53. The second-order valence-corrected chi connectivity index (χ2v) is 5.51. The van der Waals surface area contributed by atoms with E-state index < -0.39 is 0 Å². The first kappa shape index (κ1) is 11.9. The fourth-order valence-electron chi connectivity index (χ4n) is 2.68. The van der Waals surface area contributed by atoms with Crippen LogP contribution in [0.4, 0.5) is 0 Å². The molecule has 18 heavy (non-hydrogen) atoms. The molecule has 2 aliphatic rings. The van der Waals surface area contributed by atoms with Crippen molar-refractivity contribution in [3.8, 4) is 0 Å². The van der Waals surface area contributed by atoms with Gasteiger partial charge < -0.3 is 0 Å². The molecule has 1 aromatic carbocycles. The quantitative estimate of drug-likeness (QED) is 0.678. The van der Waals surface area contributed by atoms with Crippen molar-refractivity contribution in [2.75, 3.05) is 0 Å². The molecule has 1 unspecified atom stereocenters. The van der Waals surface area contributed by atoms with Crippen molar-refractivity contribution in [3.05, 3.63) is 45.5 Å². The lowest BCUT2D eigenvalue weighted by atomic mass is 9.77. The predicted molar refractivity (Wildman–Crippen MR) is 70.6 cm³/mol. The molecule has 0 saturated carbocycles. The Morgan fingerprint density at radius 2 is 1.94 bits per heavy atom. The van der Waals surface area contributed by atoms with Crippen LogP contribution in [-0.2, 0) is 0 Å². The van der Waals surface area contributed by atoms with Gasteiger partial charge in [-0.25, -0.2) is 0 Å². The summed E-state index contributed by atoms with van der Waals surface area (Å²) in [6.45, 7) is 0. The number of halogens is 2. The van der Waals surface area contributed by atoms with Crippen molar-refractivity contribution < 1.29 is 9.59 Å². The summed E-state index contributed by atoms with van der Waals surface area (Å²) in [5.41, 5.74) is 1.78. The second kappa shape index (κ2) is 4.22. The Kier molecular flexibility index (Phi) is 2.80. The van der Waals surface area contributed by atoms with E-state index in [2.05, 4.69) is 0 Å². The fourth-order valence-corrected chi connectivity index (χ4v) is 3.33. The van der Waals surface area contributed by atoms with Crippen molar-refractivity contribution in [1.29, 1.82) is 0 Å². The van der Waals surface area contributed by atoms with Crippen molar-refractivity contribution in [2.45, 2.75) is 24.6 Å². The molecule has 2 nitrogen and oxygen atoms in total. The SMILES string of the molecule is O=C1C2=C(C(=O)c3c(Cl)cccc31)C(Cl)CCC2. The Morgan fingerprint density at radius 1 is 1.17 bits per heavy atom. The van der Waals surface area contributed by atoms with Gasteiger partial charge in [0.1, 0.15) is 0 Å². The molecule has 92 valence electrons. The minimum Gasteiger partial charge on any atom is -0.289 e. The summed E-state index contributed by atoms with van der Waals surface area (Å²) in [5.74, 6) is -0.266. The minimum atomic E-state index is -0.366. The number of fused-ring (bicyclic) bond motifs is 1. The van der Waals surface area contributed by atoms with Gasteiger partial charge in [-0.1, -0.05) is 23.7 Å². The topological polar surface area (TPSA) is 34.1 Å². The largest absolute Gasteiger partial charge is 0.289 e. The summed E-state index contributed by atoms with van der Waals surface area (Å²) in [5, 5.41) is -0.0403. The van der Waals surface area contributed by atoms with Crippen LogP contribution in [0, 0.1) is 0 Å². The van der Waals surface area contributed by atoms with E-state index in [1.807, 2.05) is 0 Å². The van der Waals surface area contributed by atoms with Gasteiger partial charge in [0.05, 0.1) is 16.0 Å². The highest BCUT2D eigenvalue weighted by Gasteiger charge is 2.38. The Balaban J connectivity index is 2.27. The predicted octanol–water partition coefficient (Wildman–Crippen LogP) is 3.81. The molecular formula is C14H10Cl2O2. The van der Waals surface area contributed by atoms with Gasteiger partial charge in [0.15, 0.2) is 11.6 Å². The number of hydrogen-bond donors (Lipinski definition) is 0. The molecule has 0 bridgehead atoms. The van der Waals surface area contributed by atoms with Gasteiger partial charge in [-0.05, 0) is 25.3 Å². The zero-order valence-corrected chi connectivity index (χ0v) is 11.0. The first-order chi connectivity index (χ1) is 8.61. The maximum absolute atomic E-state index is 12.4. The zero-order valence-electron chi connectivity index (χ0n) is 9.50. The van der Waals surface area contributed by atoms with E-state index in [9.17, 15) is 9.59 Å². The smallest absolute Gasteiger partial charge is 0.193 e. The number of hydrogen-bond acceptors (Lipinski definition) is 2. The number of ketones is 2. The van der Waals surface area contributed by atoms with E-state index in [1.54, 1.807) is 18.2 Å². The number of Topliss-reactive ketones (excluding diaryl/α,β-unsaturated/α-hetero) is 2. The van der Waals surface area contributed by atoms with Crippen LogP contribution >= 0.6 is 23.2 Å². The molecular weight excluding hydrogens is 271 g/mol. The summed E-state index contributed by atoms with van der Waals surface area (Å²) in [7, 11) is 0. The third kappa shape index (κ3) is 1.56. The molecule has 0 spiro atoms. The van der Waals surface area contributed by atoms with Crippen LogP contribution in [0.25, 0.3) is 0 Å². The van der Waals surface area contributed by atoms with Gasteiger partial charge in [-0.15, -0.1) is 11.6 Å². The summed E-state index contributed by atoms with van der Waals surface area (Å²) >= 11 is 12.2. The van der Waals surface area contributed by atoms with Gasteiger partial charge in [-0.2, -0.15) is 0 Å². The zero-order chi connectivity index (χ0) is 12.9. The first-order valence-electron chi connectivity index (χ1n) is 5.86. The van der Waals surface area contributed by atoms with Crippen LogP contribution in [0.5, 0.6) is 0 Å². The molecule has 0 amide bonds. The molecule has 3 rings (SSSR count). The summed E-state index contributed by atoms with van der Waals surface area (Å²) in [4.78, 5) is 24.8. The highest BCUT2D eigenvalue weighted by molar-refractivity contribution is 6.40. The van der Waals surface area contributed by atoms with Crippen molar-refractivity contribution in [1.82, 2.24) is 0 Å². The molecule has 0 aliphatic heterocycles. The number of rotatable bonds is 0. The van der Waals surface area contributed by atoms with E-state index in [0.717, 1.165) is 12.8 Å². The monoisotopic (exact) mass is 280 g/mol. The molecule has 1 atom stereocenters. The van der Waals surface area contributed by atoms with Gasteiger partial charge in [0.25, 0.3) is 0 Å². The van der Waals surface area contributed by atoms with Crippen molar-refractivity contribution in [2.24, 2.45) is 0 Å². The lowest BCUT2D eigenvalue weighted by Crippen LogP contribution is -2.29. The summed E-state index contributed by atoms with van der Waals surface area (Å²) in [6, 6.07) is 4.98. The normalized spacial score (nSPS) is 22.9. The van der Waals surface area contributed by atoms with Crippen LogP contribution in [0.1, 0.15) is 40.0 Å². The lowest BCUT2D eigenvalue weighted by molar-refractivity contribution is 0.0965. The number of carbonyl (C=O) groups is 2. The molecule has 1 aromatic rings. The molecule has 0 radical (unpaired) electrons. The van der Waals surface area contributed by atoms with Crippen LogP contribution in [0.15, 0.2) is 29.3 Å². The van der Waals surface area contributed by atoms with Gasteiger partial charge >= 0.3 is 0 Å². The number of benzene rings is 1. The number of alkyl halides is 1. The average molecular weight is 281 g/mol. The number of allylic oxidation sites excluding steroid dienone is 2. The summed E-state index contributed by atoms with van der Waals surface area (Å²) < 4.78 is 0. The molecule has 2 aliphatic carbocycles. The molecule has 0 aromatic heterocycles. The maximum Gasteiger partial charge on any atom is 0.193 e. The molecule has 0 N–H and O–H groups in total. The molecule has 4 heteroatoms. The minimum absolute atomic E-state index is 0.0903. The molecule has 0 heterocycles. The van der Waals surface area contributed by atoms with E-state index in [0.29, 0.717) is 33.7 Å². The van der Waals surface area contributed by atoms with Gasteiger partial charge in [0, 0.05) is 16.7 Å². The Labute approximate surface area is 115 Å². The van der Waals surface area contributed by atoms with E-state index >= 15 is 0 Å². The Hall–Kier alpha value is -1.12. The van der Waals surface area contributed by atoms with Crippen LogP contribution in [0.3, 0.4) is 0 Å². The van der Waals surface area contributed by atoms with E-state index in [-0.39, 0.29) is 16.9 Å². The van der Waals surface area contributed by atoms with E-state index in [1.165, 1.54) is 0 Å². The third-order valence-corrected chi connectivity index (χ3v) is 4.28. The molecule has 0 fully saturated rings. The standard InChI is InChI=1S/C14H10Cl2O2/c15-9-5-1-3-7-11(9)14(18)12-8(13(7)17)4-2-6-10(12)16/h1,3,5,10H,2,4,6H2. The fraction of sp³-hybridized carbons (Fsp3) is 0.286. The Morgan fingerprint density at radius 3 is 2.72 bits per heavy atom. The second-order valence-electron chi connectivity index (χ2n) is 4.57. The van der Waals surface area contributed by atoms with Crippen LogP contribution in [-0.4, -0.2) is 16.9 Å². The first-order valence-corrected chi connectivity index (χ1v) is 6.67. The maximum atomic E-state index is 12.4. The van der Waals surface area contributed by atoms with Crippen LogP contribution in [0.2, 0.25) is 5.02 Å². The van der Waals surface area contributed by atoms with Crippen molar-refractivity contribution >= 4 is 34.8 Å². The number of carbonyl (C=O) groups excluding carboxylic acids is 2. The van der Waals surface area contributed by atoms with Crippen LogP contribution < -0.4 is 0 Å². The average Bonchev–Trinajstić information content (AvgIpc) is 2.35. The lowest BCUT2D eigenvalue weighted by Gasteiger charge is -2.28. The Bertz CT molecular complexity index is 602. The van der Waals surface area contributed by atoms with Gasteiger partial charge in [0.2, 0.25) is 0 Å². The van der Waals surface area contributed by atoms with Gasteiger partial charge in [-0.3, -0.25) is 9.59 Å². The summed E-state index contributed by atoms with van der Waals surface area (Å²) in [6.07, 6.45) is 2.22. The molecule has 0 saturated heterocycles. The highest BCUT2D eigenvalue weighted by Crippen LogP contribution is 2.39.